The van der Waals surface area contributed by atoms with Crippen LogP contribution in [0, 0.1) is 5.92 Å². The van der Waals surface area contributed by atoms with Crippen LogP contribution in [0.1, 0.15) is 20.8 Å². The van der Waals surface area contributed by atoms with Crippen molar-refractivity contribution in [3.63, 3.8) is 0 Å². The number of ether oxygens (including phenoxy) is 2. The van der Waals surface area contributed by atoms with Crippen LogP contribution in [0.25, 0.3) is 0 Å². The Kier molecular flexibility index (Phi) is 4.43. The van der Waals surface area contributed by atoms with Crippen LogP contribution in [-0.2, 0) is 19.1 Å². The summed E-state index contributed by atoms with van der Waals surface area (Å²) in [5, 5.41) is 0. The van der Waals surface area contributed by atoms with Gasteiger partial charge in [-0.1, -0.05) is 19.2 Å². The van der Waals surface area contributed by atoms with Crippen molar-refractivity contribution in [2.24, 2.45) is 10.9 Å². The lowest BCUT2D eigenvalue weighted by Crippen LogP contribution is -2.46. The lowest BCUT2D eigenvalue weighted by Gasteiger charge is -2.31. The molecule has 0 unspecified atom stereocenters. The van der Waals surface area contributed by atoms with Gasteiger partial charge in [0.1, 0.15) is 0 Å². The molecule has 0 aliphatic carbocycles. The molecule has 1 fully saturated rings. The van der Waals surface area contributed by atoms with Gasteiger partial charge in [0.15, 0.2) is 5.92 Å². The van der Waals surface area contributed by atoms with Gasteiger partial charge in [0.25, 0.3) is 5.79 Å². The zero-order valence-electron chi connectivity index (χ0n) is 11.3. The Morgan fingerprint density at radius 3 is 2.32 bits per heavy atom. The van der Waals surface area contributed by atoms with Gasteiger partial charge >= 0.3 is 11.9 Å². The second kappa shape index (κ2) is 5.65. The largest absolute Gasteiger partial charge is 0.422 e. The van der Waals surface area contributed by atoms with Gasteiger partial charge in [0.2, 0.25) is 0 Å². The van der Waals surface area contributed by atoms with E-state index in [9.17, 15) is 9.59 Å². The number of cyclic esters (lactones) is 2. The molecule has 19 heavy (non-hydrogen) atoms. The third-order valence-corrected chi connectivity index (χ3v) is 2.31. The van der Waals surface area contributed by atoms with Crippen LogP contribution in [0.5, 0.6) is 0 Å². The van der Waals surface area contributed by atoms with Crippen molar-refractivity contribution in [2.75, 3.05) is 0 Å². The smallest absolute Gasteiger partial charge is 0.329 e. The highest BCUT2D eigenvalue weighted by molar-refractivity contribution is 6.10. The summed E-state index contributed by atoms with van der Waals surface area (Å²) in [6.07, 6.45) is 4.49. The summed E-state index contributed by atoms with van der Waals surface area (Å²) in [6, 6.07) is 0. The molecule has 5 nitrogen and oxygen atoms in total. The van der Waals surface area contributed by atoms with Crippen molar-refractivity contribution < 1.29 is 19.1 Å². The van der Waals surface area contributed by atoms with E-state index < -0.39 is 23.6 Å². The van der Waals surface area contributed by atoms with E-state index in [1.54, 1.807) is 12.2 Å². The number of aliphatic imine (C=N–C) groups is 1. The first-order valence-electron chi connectivity index (χ1n) is 5.75. The van der Waals surface area contributed by atoms with Gasteiger partial charge < -0.3 is 9.47 Å². The lowest BCUT2D eigenvalue weighted by atomic mass is 10.1. The number of hydrogen-bond donors (Lipinski definition) is 0. The second-order valence-electron chi connectivity index (χ2n) is 4.58. The third-order valence-electron chi connectivity index (χ3n) is 2.31. The minimum absolute atomic E-state index is 0.405. The van der Waals surface area contributed by atoms with Gasteiger partial charge in [-0.15, -0.1) is 0 Å². The lowest BCUT2D eigenvalue weighted by molar-refractivity contribution is -0.235. The van der Waals surface area contributed by atoms with Crippen LogP contribution in [0.15, 0.2) is 41.6 Å². The summed E-state index contributed by atoms with van der Waals surface area (Å²) in [5.41, 5.74) is 1.28. The molecular formula is C14H17NO4. The van der Waals surface area contributed by atoms with Crippen molar-refractivity contribution in [3.8, 4) is 0 Å². The van der Waals surface area contributed by atoms with Crippen LogP contribution < -0.4 is 0 Å². The fourth-order valence-electron chi connectivity index (χ4n) is 1.38. The van der Waals surface area contributed by atoms with Gasteiger partial charge in [-0.25, -0.2) is 0 Å². The molecule has 0 amide bonds. The first kappa shape index (κ1) is 14.9. The fraction of sp³-hybridized carbons (Fsp3) is 0.357. The van der Waals surface area contributed by atoms with Crippen molar-refractivity contribution in [1.82, 2.24) is 0 Å². The van der Waals surface area contributed by atoms with Crippen molar-refractivity contribution in [2.45, 2.75) is 26.6 Å². The Morgan fingerprint density at radius 2 is 1.84 bits per heavy atom. The number of nitrogens with zero attached hydrogens (tertiary/aromatic N) is 1. The summed E-state index contributed by atoms with van der Waals surface area (Å²) in [7, 11) is 0. The predicted octanol–water partition coefficient (Wildman–Crippen LogP) is 2.16. The Balaban J connectivity index is 2.77. The van der Waals surface area contributed by atoms with Crippen LogP contribution in [0.2, 0.25) is 0 Å². The average molecular weight is 263 g/mol. The zero-order valence-corrected chi connectivity index (χ0v) is 11.3. The molecule has 0 aromatic carbocycles. The Morgan fingerprint density at radius 1 is 1.32 bits per heavy atom. The first-order valence-corrected chi connectivity index (χ1v) is 5.75. The topological polar surface area (TPSA) is 65.0 Å². The Hall–Kier alpha value is -2.17. The molecule has 5 heteroatoms. The average Bonchev–Trinajstić information content (AvgIpc) is 2.25. The number of allylic oxidation sites excluding steroid dienone is 3. The third kappa shape index (κ3) is 4.21. The minimum atomic E-state index is -1.23. The van der Waals surface area contributed by atoms with E-state index in [1.165, 1.54) is 20.1 Å². The molecule has 0 radical (unpaired) electrons. The maximum Gasteiger partial charge on any atom is 0.329 e. The summed E-state index contributed by atoms with van der Waals surface area (Å²) >= 11 is 0. The number of carbonyl (C=O) groups is 2. The number of rotatable bonds is 4. The summed E-state index contributed by atoms with van der Waals surface area (Å²) in [5.74, 6) is -3.74. The molecule has 0 aromatic rings. The quantitative estimate of drug-likeness (QED) is 0.337. The highest BCUT2D eigenvalue weighted by Gasteiger charge is 2.42. The molecular weight excluding hydrogens is 246 g/mol. The maximum absolute atomic E-state index is 11.6. The predicted molar refractivity (Wildman–Crippen MR) is 71.3 cm³/mol. The number of hydrogen-bond acceptors (Lipinski definition) is 5. The van der Waals surface area contributed by atoms with Gasteiger partial charge in [0.05, 0.1) is 5.70 Å². The van der Waals surface area contributed by atoms with Gasteiger partial charge in [0, 0.05) is 20.1 Å². The van der Waals surface area contributed by atoms with Crippen LogP contribution >= 0.6 is 0 Å². The van der Waals surface area contributed by atoms with Crippen molar-refractivity contribution in [3.05, 3.63) is 36.6 Å². The van der Waals surface area contributed by atoms with E-state index in [1.807, 2.05) is 6.92 Å². The van der Waals surface area contributed by atoms with Crippen LogP contribution in [0.4, 0.5) is 0 Å². The van der Waals surface area contributed by atoms with E-state index in [4.69, 9.17) is 9.47 Å². The molecule has 1 saturated heterocycles. The molecule has 0 N–H and O–H groups in total. The number of esters is 2. The van der Waals surface area contributed by atoms with Crippen molar-refractivity contribution >= 4 is 18.2 Å². The van der Waals surface area contributed by atoms with E-state index in [0.29, 0.717) is 5.70 Å². The summed E-state index contributed by atoms with van der Waals surface area (Å²) < 4.78 is 9.91. The molecule has 1 heterocycles. The molecule has 0 bridgehead atoms. The first-order chi connectivity index (χ1) is 8.75. The number of carbonyl (C=O) groups excluding carboxylic acids is 2. The second-order valence-corrected chi connectivity index (χ2v) is 4.58. The summed E-state index contributed by atoms with van der Waals surface area (Å²) in [6.45, 7) is 12.1. The monoisotopic (exact) mass is 263 g/mol. The molecule has 1 rings (SSSR count). The zero-order chi connectivity index (χ0) is 14.6. The molecule has 0 aromatic heterocycles. The SMILES string of the molecule is C=C/C(C)=C\C(=C)/N=C/C1C(=O)OC(C)(C)OC1=O. The van der Waals surface area contributed by atoms with Gasteiger partial charge in [-0.05, 0) is 18.6 Å². The Bertz CT molecular complexity index is 466. The van der Waals surface area contributed by atoms with E-state index >= 15 is 0 Å². The highest BCUT2D eigenvalue weighted by Crippen LogP contribution is 2.22. The molecule has 1 aliphatic heterocycles. The molecule has 0 atom stereocenters. The normalized spacial score (nSPS) is 20.1. The Labute approximate surface area is 112 Å². The van der Waals surface area contributed by atoms with E-state index in [2.05, 4.69) is 18.2 Å². The minimum Gasteiger partial charge on any atom is -0.422 e. The van der Waals surface area contributed by atoms with Gasteiger partial charge in [-0.2, -0.15) is 0 Å². The van der Waals surface area contributed by atoms with Crippen molar-refractivity contribution in [1.29, 1.82) is 0 Å². The van der Waals surface area contributed by atoms with Crippen LogP contribution in [-0.4, -0.2) is 23.9 Å². The molecule has 1 aliphatic rings. The maximum atomic E-state index is 11.6. The molecule has 102 valence electrons. The van der Waals surface area contributed by atoms with E-state index in [0.717, 1.165) is 5.57 Å². The molecule has 0 spiro atoms. The fourth-order valence-corrected chi connectivity index (χ4v) is 1.38. The van der Waals surface area contributed by atoms with E-state index in [-0.39, 0.29) is 0 Å². The highest BCUT2D eigenvalue weighted by atomic mass is 16.7. The van der Waals surface area contributed by atoms with Crippen LogP contribution in [0.3, 0.4) is 0 Å². The van der Waals surface area contributed by atoms with Gasteiger partial charge in [-0.3, -0.25) is 14.6 Å². The standard InChI is InChI=1S/C14H17NO4/c1-6-9(2)7-10(3)15-8-11-12(16)18-14(4,5)19-13(11)17/h6-8,11H,1,3H2,2,4-5H3/b9-7-,15-8+. The molecule has 0 saturated carbocycles. The summed E-state index contributed by atoms with van der Waals surface area (Å²) in [4.78, 5) is 27.2.